The molecule has 0 bridgehead atoms. The molecule has 0 spiro atoms. The zero-order chi connectivity index (χ0) is 13.4. The molecule has 0 saturated carbocycles. The Bertz CT molecular complexity index is 274. The molecule has 0 aliphatic carbocycles. The van der Waals surface area contributed by atoms with Crippen LogP contribution in [-0.4, -0.2) is 49.2 Å². The van der Waals surface area contributed by atoms with Crippen LogP contribution in [0.3, 0.4) is 0 Å². The van der Waals surface area contributed by atoms with Gasteiger partial charge in [-0.15, -0.1) is 0 Å². The van der Waals surface area contributed by atoms with E-state index < -0.39 is 6.04 Å². The Balaban J connectivity index is 2.61. The fraction of sp³-hybridized carbons (Fsp3) is 0.846. The Morgan fingerprint density at radius 2 is 1.67 bits per heavy atom. The number of carbonyl (C=O) groups excluding carboxylic acids is 2. The van der Waals surface area contributed by atoms with Gasteiger partial charge in [0, 0.05) is 0 Å². The highest BCUT2D eigenvalue weighted by Gasteiger charge is 2.30. The van der Waals surface area contributed by atoms with Gasteiger partial charge in [-0.05, 0) is 39.8 Å². The van der Waals surface area contributed by atoms with E-state index in [9.17, 15) is 9.59 Å². The van der Waals surface area contributed by atoms with Crippen LogP contribution in [0.25, 0.3) is 0 Å². The molecule has 1 heterocycles. The number of hydrogen-bond donors (Lipinski definition) is 0. The molecule has 1 rings (SSSR count). The first kappa shape index (κ1) is 15.0. The molecule has 1 saturated heterocycles. The van der Waals surface area contributed by atoms with E-state index in [2.05, 4.69) is 0 Å². The maximum atomic E-state index is 11.9. The van der Waals surface area contributed by atoms with Gasteiger partial charge in [-0.3, -0.25) is 14.5 Å². The van der Waals surface area contributed by atoms with E-state index >= 15 is 0 Å². The highest BCUT2D eigenvalue weighted by Crippen LogP contribution is 2.16. The summed E-state index contributed by atoms with van der Waals surface area (Å²) in [7, 11) is 0. The SMILES string of the molecule is CCOC(=O)C[C@@H](C(=O)OCC)N1CCCCC1. The van der Waals surface area contributed by atoms with Gasteiger partial charge >= 0.3 is 11.9 Å². The summed E-state index contributed by atoms with van der Waals surface area (Å²) < 4.78 is 9.97. The highest BCUT2D eigenvalue weighted by atomic mass is 16.5. The molecule has 0 radical (unpaired) electrons. The molecule has 1 atom stereocenters. The molecule has 0 aromatic carbocycles. The number of nitrogens with zero attached hydrogens (tertiary/aromatic N) is 1. The molecule has 0 amide bonds. The van der Waals surface area contributed by atoms with Gasteiger partial charge in [0.1, 0.15) is 6.04 Å². The molecule has 1 fully saturated rings. The minimum atomic E-state index is -0.482. The lowest BCUT2D eigenvalue weighted by molar-refractivity contribution is -0.156. The van der Waals surface area contributed by atoms with E-state index in [1.807, 2.05) is 4.90 Å². The normalized spacial score (nSPS) is 18.1. The van der Waals surface area contributed by atoms with Crippen LogP contribution < -0.4 is 0 Å². The molecule has 0 aromatic heterocycles. The fourth-order valence-corrected chi connectivity index (χ4v) is 2.21. The van der Waals surface area contributed by atoms with E-state index in [-0.39, 0.29) is 18.4 Å². The maximum absolute atomic E-state index is 11.9. The lowest BCUT2D eigenvalue weighted by atomic mass is 10.1. The van der Waals surface area contributed by atoms with E-state index in [0.29, 0.717) is 13.2 Å². The summed E-state index contributed by atoms with van der Waals surface area (Å²) in [5, 5.41) is 0. The minimum absolute atomic E-state index is 0.0900. The first-order valence-corrected chi connectivity index (χ1v) is 6.75. The molecule has 5 heteroatoms. The second-order valence-corrected chi connectivity index (χ2v) is 4.37. The van der Waals surface area contributed by atoms with Gasteiger partial charge in [-0.2, -0.15) is 0 Å². The van der Waals surface area contributed by atoms with Crippen LogP contribution in [0, 0.1) is 0 Å². The predicted octanol–water partition coefficient (Wildman–Crippen LogP) is 1.36. The maximum Gasteiger partial charge on any atom is 0.323 e. The Kier molecular flexibility index (Phi) is 6.72. The second-order valence-electron chi connectivity index (χ2n) is 4.37. The van der Waals surface area contributed by atoms with Crippen molar-refractivity contribution in [1.82, 2.24) is 4.90 Å². The van der Waals surface area contributed by atoms with Gasteiger partial charge in [0.05, 0.1) is 19.6 Å². The van der Waals surface area contributed by atoms with Crippen molar-refractivity contribution in [2.24, 2.45) is 0 Å². The molecule has 1 aliphatic heterocycles. The third-order valence-electron chi connectivity index (χ3n) is 3.06. The first-order valence-electron chi connectivity index (χ1n) is 6.75. The van der Waals surface area contributed by atoms with E-state index in [0.717, 1.165) is 25.9 Å². The molecule has 0 aromatic rings. The fourth-order valence-electron chi connectivity index (χ4n) is 2.21. The largest absolute Gasteiger partial charge is 0.466 e. The second kappa shape index (κ2) is 8.08. The third-order valence-corrected chi connectivity index (χ3v) is 3.06. The number of rotatable bonds is 6. The molecule has 5 nitrogen and oxygen atoms in total. The summed E-state index contributed by atoms with van der Waals surface area (Å²) in [6.45, 7) is 5.92. The summed E-state index contributed by atoms with van der Waals surface area (Å²) in [6.07, 6.45) is 3.41. The molecular formula is C13H23NO4. The van der Waals surface area contributed by atoms with Crippen molar-refractivity contribution in [2.75, 3.05) is 26.3 Å². The van der Waals surface area contributed by atoms with Gasteiger partial charge in [-0.1, -0.05) is 6.42 Å². The summed E-state index contributed by atoms with van der Waals surface area (Å²) in [5.74, 6) is -0.645. The highest BCUT2D eigenvalue weighted by molar-refractivity contribution is 5.82. The topological polar surface area (TPSA) is 55.8 Å². The number of carbonyl (C=O) groups is 2. The first-order chi connectivity index (χ1) is 8.69. The van der Waals surface area contributed by atoms with E-state index in [1.165, 1.54) is 6.42 Å². The van der Waals surface area contributed by atoms with Crippen LogP contribution in [0.15, 0.2) is 0 Å². The van der Waals surface area contributed by atoms with Crippen LogP contribution in [0.4, 0.5) is 0 Å². The van der Waals surface area contributed by atoms with Crippen LogP contribution in [-0.2, 0) is 19.1 Å². The van der Waals surface area contributed by atoms with Crippen molar-refractivity contribution in [2.45, 2.75) is 45.6 Å². The van der Waals surface area contributed by atoms with Crippen LogP contribution in [0.5, 0.6) is 0 Å². The van der Waals surface area contributed by atoms with E-state index in [4.69, 9.17) is 9.47 Å². The van der Waals surface area contributed by atoms with Crippen molar-refractivity contribution in [3.05, 3.63) is 0 Å². The van der Waals surface area contributed by atoms with Gasteiger partial charge in [0.2, 0.25) is 0 Å². The molecule has 104 valence electrons. The van der Waals surface area contributed by atoms with Gasteiger partial charge < -0.3 is 9.47 Å². The Morgan fingerprint density at radius 3 is 2.22 bits per heavy atom. The quantitative estimate of drug-likeness (QED) is 0.672. The summed E-state index contributed by atoms with van der Waals surface area (Å²) in [6, 6.07) is -0.482. The monoisotopic (exact) mass is 257 g/mol. The minimum Gasteiger partial charge on any atom is -0.466 e. The van der Waals surface area contributed by atoms with E-state index in [1.54, 1.807) is 13.8 Å². The van der Waals surface area contributed by atoms with Gasteiger partial charge in [0.25, 0.3) is 0 Å². The third kappa shape index (κ3) is 4.64. The number of ether oxygens (including phenoxy) is 2. The number of likely N-dealkylation sites (tertiary alicyclic amines) is 1. The number of esters is 2. The smallest absolute Gasteiger partial charge is 0.323 e. The Labute approximate surface area is 108 Å². The van der Waals surface area contributed by atoms with Crippen LogP contribution >= 0.6 is 0 Å². The molecule has 0 unspecified atom stereocenters. The lowest BCUT2D eigenvalue weighted by Gasteiger charge is -2.32. The average molecular weight is 257 g/mol. The molecule has 1 aliphatic rings. The average Bonchev–Trinajstić information content (AvgIpc) is 2.37. The Hall–Kier alpha value is -1.10. The summed E-state index contributed by atoms with van der Waals surface area (Å²) in [5.41, 5.74) is 0. The zero-order valence-electron chi connectivity index (χ0n) is 11.3. The number of piperidine rings is 1. The summed E-state index contributed by atoms with van der Waals surface area (Å²) >= 11 is 0. The molecule has 18 heavy (non-hydrogen) atoms. The molecular weight excluding hydrogens is 234 g/mol. The summed E-state index contributed by atoms with van der Waals surface area (Å²) in [4.78, 5) is 25.5. The van der Waals surface area contributed by atoms with Crippen molar-refractivity contribution in [1.29, 1.82) is 0 Å². The Morgan fingerprint density at radius 1 is 1.06 bits per heavy atom. The van der Waals surface area contributed by atoms with Gasteiger partial charge in [-0.25, -0.2) is 0 Å². The van der Waals surface area contributed by atoms with Gasteiger partial charge in [0.15, 0.2) is 0 Å². The van der Waals surface area contributed by atoms with Crippen LogP contribution in [0.2, 0.25) is 0 Å². The zero-order valence-corrected chi connectivity index (χ0v) is 11.3. The van der Waals surface area contributed by atoms with Crippen molar-refractivity contribution in [3.63, 3.8) is 0 Å². The van der Waals surface area contributed by atoms with Crippen LogP contribution in [0.1, 0.15) is 39.5 Å². The van der Waals surface area contributed by atoms with Crippen molar-refractivity contribution in [3.8, 4) is 0 Å². The lowest BCUT2D eigenvalue weighted by Crippen LogP contribution is -2.46. The van der Waals surface area contributed by atoms with Crippen molar-refractivity contribution >= 4 is 11.9 Å². The van der Waals surface area contributed by atoms with Crippen molar-refractivity contribution < 1.29 is 19.1 Å². The number of hydrogen-bond acceptors (Lipinski definition) is 5. The molecule has 0 N–H and O–H groups in total. The predicted molar refractivity (Wildman–Crippen MR) is 67.1 cm³/mol. The standard InChI is InChI=1S/C13H23NO4/c1-3-17-12(15)10-11(13(16)18-4-2)14-8-6-5-7-9-14/h11H,3-10H2,1-2H3/t11-/m0/s1.